The van der Waals surface area contributed by atoms with Crippen LogP contribution >= 0.6 is 0 Å². The molecule has 0 aromatic heterocycles. The number of nitrogens with one attached hydrogen (secondary N) is 2. The summed E-state index contributed by atoms with van der Waals surface area (Å²) < 4.78 is 6.20. The topological polar surface area (TPSA) is 133 Å². The fourth-order valence-electron chi connectivity index (χ4n) is 5.31. The summed E-state index contributed by atoms with van der Waals surface area (Å²) in [4.78, 5) is 33.8. The number of fused-ring (bicyclic) bond motifs is 2. The van der Waals surface area contributed by atoms with Crippen LogP contribution in [0.2, 0.25) is 0 Å². The number of hydrogen-bond acceptors (Lipinski definition) is 7. The van der Waals surface area contributed by atoms with E-state index in [0.29, 0.717) is 23.2 Å². The van der Waals surface area contributed by atoms with Gasteiger partial charge in [0.15, 0.2) is 5.75 Å². The maximum Gasteiger partial charge on any atom is 0.335 e. The summed E-state index contributed by atoms with van der Waals surface area (Å²) in [7, 11) is 0. The fraction of sp³-hybridized carbons (Fsp3) is 0.242. The van der Waals surface area contributed by atoms with Gasteiger partial charge < -0.3 is 19.8 Å². The van der Waals surface area contributed by atoms with Crippen molar-refractivity contribution in [3.05, 3.63) is 95.9 Å². The van der Waals surface area contributed by atoms with Gasteiger partial charge >= 0.3 is 11.9 Å². The summed E-state index contributed by atoms with van der Waals surface area (Å²) in [6, 6.07) is 20.5. The van der Waals surface area contributed by atoms with Crippen molar-refractivity contribution in [2.45, 2.75) is 46.6 Å². The number of aromatic carboxylic acids is 2. The minimum absolute atomic E-state index is 0.0525. The lowest BCUT2D eigenvalue weighted by Crippen LogP contribution is -2.56. The van der Waals surface area contributed by atoms with Crippen LogP contribution in [-0.4, -0.2) is 38.8 Å². The van der Waals surface area contributed by atoms with Crippen molar-refractivity contribution in [2.75, 3.05) is 0 Å². The molecule has 10 heteroatoms. The predicted molar refractivity (Wildman–Crippen MR) is 165 cm³/mol. The molecule has 0 saturated heterocycles. The number of ether oxygens (including phenoxy) is 1. The molecule has 222 valence electrons. The van der Waals surface area contributed by atoms with E-state index in [9.17, 15) is 19.8 Å². The number of rotatable bonds is 8. The van der Waals surface area contributed by atoms with E-state index < -0.39 is 17.5 Å². The number of hydrogen-bond donors (Lipinski definition) is 4. The first-order valence-electron chi connectivity index (χ1n) is 13.8. The molecule has 5 rings (SSSR count). The summed E-state index contributed by atoms with van der Waals surface area (Å²) in [5.74, 6) is -0.0846. The van der Waals surface area contributed by atoms with Crippen LogP contribution in [0.1, 0.15) is 61.8 Å². The highest BCUT2D eigenvalue weighted by Gasteiger charge is 2.27. The molecule has 0 atom stereocenters. The number of amidine groups is 1. The summed E-state index contributed by atoms with van der Waals surface area (Å²) in [6.07, 6.45) is 2.57. The van der Waals surface area contributed by atoms with Gasteiger partial charge in [-0.25, -0.2) is 15.0 Å². The highest BCUT2D eigenvalue weighted by molar-refractivity contribution is 5.96. The number of aliphatic imine (C=N–C) groups is 1. The van der Waals surface area contributed by atoms with E-state index in [2.05, 4.69) is 45.5 Å². The molecule has 1 heterocycles. The van der Waals surface area contributed by atoms with E-state index >= 15 is 0 Å². The Labute approximate surface area is 249 Å². The van der Waals surface area contributed by atoms with Gasteiger partial charge in [-0.2, -0.15) is 0 Å². The second-order valence-electron chi connectivity index (χ2n) is 12.3. The third-order valence-electron chi connectivity index (χ3n) is 6.62. The monoisotopic (exact) mass is 582 g/mol. The lowest BCUT2D eigenvalue weighted by Gasteiger charge is -2.33. The van der Waals surface area contributed by atoms with Crippen LogP contribution in [0.4, 0.5) is 0 Å². The number of carboxylic acids is 2. The molecule has 4 N–H and O–H groups in total. The molecule has 10 nitrogen and oxygen atoms in total. The van der Waals surface area contributed by atoms with Gasteiger partial charge in [0.1, 0.15) is 11.6 Å². The van der Waals surface area contributed by atoms with Crippen LogP contribution in [0.15, 0.2) is 89.7 Å². The molecule has 1 aliphatic rings. The van der Waals surface area contributed by atoms with E-state index in [1.54, 1.807) is 72.8 Å². The molecule has 0 saturated carbocycles. The van der Waals surface area contributed by atoms with Crippen molar-refractivity contribution in [3.63, 3.8) is 0 Å². The molecule has 1 aliphatic heterocycles. The maximum atomic E-state index is 11.3. The van der Waals surface area contributed by atoms with Crippen LogP contribution < -0.4 is 20.4 Å². The minimum Gasteiger partial charge on any atom is -0.478 e. The second-order valence-corrected chi connectivity index (χ2v) is 12.3. The molecule has 4 aromatic carbocycles. The molecule has 4 aromatic rings. The SMILES string of the molecule is CC(C)(C)CC(C)(C)N=C1C=C(Oc2ccc3cc(C(=O)O)ccc3c2)NN(Oc2ccc3cc(C(=O)O)ccc3c2)N1. The average molecular weight is 583 g/mol. The van der Waals surface area contributed by atoms with Crippen molar-refractivity contribution < 1.29 is 29.4 Å². The van der Waals surface area contributed by atoms with E-state index in [4.69, 9.17) is 14.6 Å². The van der Waals surface area contributed by atoms with Gasteiger partial charge in [0.2, 0.25) is 5.88 Å². The number of carbonyl (C=O) groups is 2. The minimum atomic E-state index is -0.985. The van der Waals surface area contributed by atoms with Crippen molar-refractivity contribution >= 4 is 39.3 Å². The Bertz CT molecular complexity index is 1790. The Balaban J connectivity index is 1.43. The normalized spacial score (nSPS) is 15.1. The molecule has 0 amide bonds. The summed E-state index contributed by atoms with van der Waals surface area (Å²) in [5.41, 5.74) is 6.27. The molecule has 0 radical (unpaired) electrons. The number of benzene rings is 4. The van der Waals surface area contributed by atoms with Crippen LogP contribution in [0.5, 0.6) is 11.5 Å². The molecular weight excluding hydrogens is 548 g/mol. The maximum absolute atomic E-state index is 11.3. The highest BCUT2D eigenvalue weighted by atomic mass is 16.7. The zero-order chi connectivity index (χ0) is 30.9. The summed E-state index contributed by atoms with van der Waals surface area (Å²) in [5, 5.41) is 23.1. The zero-order valence-electron chi connectivity index (χ0n) is 24.6. The van der Waals surface area contributed by atoms with Gasteiger partial charge in [0, 0.05) is 11.4 Å². The third-order valence-corrected chi connectivity index (χ3v) is 6.62. The molecule has 0 bridgehead atoms. The summed E-state index contributed by atoms with van der Waals surface area (Å²) in [6.45, 7) is 10.6. The van der Waals surface area contributed by atoms with Gasteiger partial charge in [0.25, 0.3) is 0 Å². The number of nitrogens with zero attached hydrogens (tertiary/aromatic N) is 2. The van der Waals surface area contributed by atoms with Gasteiger partial charge in [-0.05, 0) is 95.8 Å². The lowest BCUT2D eigenvalue weighted by molar-refractivity contribution is -0.133. The smallest absolute Gasteiger partial charge is 0.335 e. The third kappa shape index (κ3) is 7.41. The molecule has 0 aliphatic carbocycles. The second kappa shape index (κ2) is 11.3. The van der Waals surface area contributed by atoms with E-state index in [1.807, 2.05) is 6.07 Å². The lowest BCUT2D eigenvalue weighted by atomic mass is 9.82. The first-order chi connectivity index (χ1) is 20.2. The van der Waals surface area contributed by atoms with Gasteiger partial charge in [0.05, 0.1) is 16.7 Å². The van der Waals surface area contributed by atoms with E-state index in [1.165, 1.54) is 5.28 Å². The molecule has 0 fully saturated rings. The van der Waals surface area contributed by atoms with Crippen molar-refractivity contribution in [1.82, 2.24) is 16.1 Å². The van der Waals surface area contributed by atoms with Crippen molar-refractivity contribution in [2.24, 2.45) is 10.4 Å². The molecule has 43 heavy (non-hydrogen) atoms. The van der Waals surface area contributed by atoms with Crippen LogP contribution in [0.3, 0.4) is 0 Å². The molecular formula is C33H34N4O6. The Morgan fingerprint density at radius 3 is 1.81 bits per heavy atom. The first kappa shape index (κ1) is 29.4. The van der Waals surface area contributed by atoms with Crippen molar-refractivity contribution in [3.8, 4) is 11.5 Å². The van der Waals surface area contributed by atoms with Crippen LogP contribution in [0, 0.1) is 5.41 Å². The van der Waals surface area contributed by atoms with Gasteiger partial charge in [-0.1, -0.05) is 45.0 Å². The Morgan fingerprint density at radius 2 is 1.26 bits per heavy atom. The van der Waals surface area contributed by atoms with Gasteiger partial charge in [-0.15, -0.1) is 0 Å². The number of carboxylic acid groups (broad SMARTS) is 2. The van der Waals surface area contributed by atoms with Crippen LogP contribution in [0.25, 0.3) is 21.5 Å². The van der Waals surface area contributed by atoms with Gasteiger partial charge in [-0.3, -0.25) is 10.4 Å². The van der Waals surface area contributed by atoms with Crippen LogP contribution in [-0.2, 0) is 0 Å². The Kier molecular flexibility index (Phi) is 7.72. The molecule has 0 unspecified atom stereocenters. The Hall–Kier alpha value is -5.09. The highest BCUT2D eigenvalue weighted by Crippen LogP contribution is 2.30. The quantitative estimate of drug-likeness (QED) is 0.183. The standard InChI is InChI=1S/C33H34N4O6/c1-32(2,3)19-33(4,5)34-28-18-29(42-26-12-10-20-14-24(30(38)39)8-6-22(20)16-26)36-37(35-28)43-27-13-11-21-15-25(31(40)41)9-7-23(21)17-27/h6-18,36H,19H2,1-5H3,(H,34,35)(H,38,39)(H,40,41). The largest absolute Gasteiger partial charge is 0.478 e. The van der Waals surface area contributed by atoms with Crippen molar-refractivity contribution in [1.29, 1.82) is 0 Å². The van der Waals surface area contributed by atoms with E-state index in [0.717, 1.165) is 28.0 Å². The van der Waals surface area contributed by atoms with E-state index in [-0.39, 0.29) is 16.5 Å². The fourth-order valence-corrected chi connectivity index (χ4v) is 5.31. The zero-order valence-corrected chi connectivity index (χ0v) is 24.6. The molecule has 0 spiro atoms. The first-order valence-corrected chi connectivity index (χ1v) is 13.8. The Morgan fingerprint density at radius 1 is 0.744 bits per heavy atom. The number of hydrazine groups is 2. The predicted octanol–water partition coefficient (Wildman–Crippen LogP) is 6.54. The summed E-state index contributed by atoms with van der Waals surface area (Å²) >= 11 is 0. The average Bonchev–Trinajstić information content (AvgIpc) is 2.90.